The zero-order valence-corrected chi connectivity index (χ0v) is 8.20. The Labute approximate surface area is 78.1 Å². The van der Waals surface area contributed by atoms with Crippen LogP contribution in [0.4, 0.5) is 5.95 Å². The van der Waals surface area contributed by atoms with Crippen molar-refractivity contribution in [2.45, 2.75) is 45.1 Å². The van der Waals surface area contributed by atoms with Crippen molar-refractivity contribution in [3.63, 3.8) is 0 Å². The first-order chi connectivity index (χ1) is 6.18. The summed E-state index contributed by atoms with van der Waals surface area (Å²) in [4.78, 5) is 4.28. The minimum Gasteiger partial charge on any atom is -0.368 e. The molecule has 1 saturated carbocycles. The van der Waals surface area contributed by atoms with Crippen LogP contribution in [-0.2, 0) is 0 Å². The SMILES string of the molecule is CC(C)n1nc(C2CCC2)nc1N. The number of nitrogens with zero attached hydrogens (tertiary/aromatic N) is 3. The molecule has 0 aliphatic heterocycles. The fourth-order valence-corrected chi connectivity index (χ4v) is 1.57. The van der Waals surface area contributed by atoms with E-state index in [1.54, 1.807) is 4.68 Å². The Morgan fingerprint density at radius 2 is 2.15 bits per heavy atom. The molecular formula is C9H16N4. The second kappa shape index (κ2) is 3.01. The highest BCUT2D eigenvalue weighted by atomic mass is 15.4. The minimum absolute atomic E-state index is 0.307. The van der Waals surface area contributed by atoms with Crippen molar-refractivity contribution in [2.75, 3.05) is 5.73 Å². The molecule has 1 heterocycles. The van der Waals surface area contributed by atoms with E-state index in [4.69, 9.17) is 5.73 Å². The molecule has 4 nitrogen and oxygen atoms in total. The Hall–Kier alpha value is -1.06. The van der Waals surface area contributed by atoms with Crippen molar-refractivity contribution in [3.05, 3.63) is 5.82 Å². The molecule has 2 N–H and O–H groups in total. The van der Waals surface area contributed by atoms with Crippen molar-refractivity contribution in [3.8, 4) is 0 Å². The van der Waals surface area contributed by atoms with Gasteiger partial charge in [0.1, 0.15) is 0 Å². The van der Waals surface area contributed by atoms with E-state index in [9.17, 15) is 0 Å². The number of hydrogen-bond donors (Lipinski definition) is 1. The molecule has 1 aliphatic carbocycles. The van der Waals surface area contributed by atoms with Crippen molar-refractivity contribution >= 4 is 5.95 Å². The quantitative estimate of drug-likeness (QED) is 0.753. The Kier molecular flexibility index (Phi) is 1.98. The van der Waals surface area contributed by atoms with Gasteiger partial charge in [-0.3, -0.25) is 0 Å². The maximum Gasteiger partial charge on any atom is 0.218 e. The van der Waals surface area contributed by atoms with Gasteiger partial charge in [-0.25, -0.2) is 4.68 Å². The smallest absolute Gasteiger partial charge is 0.218 e. The van der Waals surface area contributed by atoms with Crippen LogP contribution < -0.4 is 5.73 Å². The number of rotatable bonds is 2. The second-order valence-electron chi connectivity index (χ2n) is 3.99. The lowest BCUT2D eigenvalue weighted by atomic mass is 9.85. The number of nitrogen functional groups attached to an aromatic ring is 1. The fourth-order valence-electron chi connectivity index (χ4n) is 1.57. The van der Waals surface area contributed by atoms with Crippen LogP contribution in [-0.4, -0.2) is 14.8 Å². The van der Waals surface area contributed by atoms with Gasteiger partial charge in [-0.15, -0.1) is 0 Å². The van der Waals surface area contributed by atoms with Gasteiger partial charge in [0.25, 0.3) is 0 Å². The van der Waals surface area contributed by atoms with Gasteiger partial charge in [0.15, 0.2) is 5.82 Å². The third-order valence-electron chi connectivity index (χ3n) is 2.63. The number of anilines is 1. The van der Waals surface area contributed by atoms with Crippen molar-refractivity contribution < 1.29 is 0 Å². The largest absolute Gasteiger partial charge is 0.368 e. The van der Waals surface area contributed by atoms with Crippen molar-refractivity contribution in [1.29, 1.82) is 0 Å². The van der Waals surface area contributed by atoms with E-state index in [-0.39, 0.29) is 0 Å². The summed E-state index contributed by atoms with van der Waals surface area (Å²) < 4.78 is 1.80. The van der Waals surface area contributed by atoms with E-state index in [1.807, 2.05) is 0 Å². The first-order valence-corrected chi connectivity index (χ1v) is 4.90. The summed E-state index contributed by atoms with van der Waals surface area (Å²) in [5.74, 6) is 2.07. The molecule has 1 aromatic heterocycles. The van der Waals surface area contributed by atoms with E-state index < -0.39 is 0 Å². The second-order valence-corrected chi connectivity index (χ2v) is 3.99. The lowest BCUT2D eigenvalue weighted by Crippen LogP contribution is -2.11. The van der Waals surface area contributed by atoms with Crippen LogP contribution in [0.3, 0.4) is 0 Å². The zero-order chi connectivity index (χ0) is 9.42. The highest BCUT2D eigenvalue weighted by molar-refractivity contribution is 5.19. The van der Waals surface area contributed by atoms with Crippen LogP contribution in [0.1, 0.15) is 50.9 Å². The molecule has 1 aromatic rings. The summed E-state index contributed by atoms with van der Waals surface area (Å²) in [6.45, 7) is 4.13. The van der Waals surface area contributed by atoms with Crippen LogP contribution in [0.2, 0.25) is 0 Å². The molecule has 0 radical (unpaired) electrons. The van der Waals surface area contributed by atoms with Gasteiger partial charge in [-0.2, -0.15) is 10.1 Å². The minimum atomic E-state index is 0.307. The molecule has 13 heavy (non-hydrogen) atoms. The van der Waals surface area contributed by atoms with E-state index >= 15 is 0 Å². The van der Waals surface area contributed by atoms with Crippen LogP contribution >= 0.6 is 0 Å². The predicted molar refractivity (Wildman–Crippen MR) is 51.4 cm³/mol. The molecule has 0 unspecified atom stereocenters. The summed E-state index contributed by atoms with van der Waals surface area (Å²) in [6, 6.07) is 0.307. The number of nitrogens with two attached hydrogens (primary N) is 1. The monoisotopic (exact) mass is 180 g/mol. The normalized spacial score (nSPS) is 17.8. The van der Waals surface area contributed by atoms with E-state index in [2.05, 4.69) is 23.9 Å². The van der Waals surface area contributed by atoms with Crippen LogP contribution in [0.5, 0.6) is 0 Å². The Morgan fingerprint density at radius 3 is 2.54 bits per heavy atom. The van der Waals surface area contributed by atoms with E-state index in [0.717, 1.165) is 5.82 Å². The lowest BCUT2D eigenvalue weighted by Gasteiger charge is -2.21. The summed E-state index contributed by atoms with van der Waals surface area (Å²) in [5, 5.41) is 4.41. The van der Waals surface area contributed by atoms with E-state index in [1.165, 1.54) is 19.3 Å². The van der Waals surface area contributed by atoms with Gasteiger partial charge in [-0.1, -0.05) is 6.42 Å². The maximum atomic E-state index is 5.75. The van der Waals surface area contributed by atoms with Gasteiger partial charge < -0.3 is 5.73 Å². The number of hydrogen-bond acceptors (Lipinski definition) is 3. The first kappa shape index (κ1) is 8.53. The summed E-state index contributed by atoms with van der Waals surface area (Å²) in [5.41, 5.74) is 5.75. The molecule has 2 rings (SSSR count). The third kappa shape index (κ3) is 1.41. The van der Waals surface area contributed by atoms with E-state index in [0.29, 0.717) is 17.9 Å². The molecule has 1 aliphatic rings. The molecule has 0 saturated heterocycles. The Morgan fingerprint density at radius 1 is 1.46 bits per heavy atom. The molecule has 1 fully saturated rings. The lowest BCUT2D eigenvalue weighted by molar-refractivity contribution is 0.396. The van der Waals surface area contributed by atoms with Crippen LogP contribution in [0.25, 0.3) is 0 Å². The Bertz CT molecular complexity index is 299. The van der Waals surface area contributed by atoms with Gasteiger partial charge in [0.2, 0.25) is 5.95 Å². The van der Waals surface area contributed by atoms with Crippen molar-refractivity contribution in [1.82, 2.24) is 14.8 Å². The molecule has 0 aromatic carbocycles. The van der Waals surface area contributed by atoms with Gasteiger partial charge in [-0.05, 0) is 26.7 Å². The molecule has 0 bridgehead atoms. The topological polar surface area (TPSA) is 56.7 Å². The Balaban J connectivity index is 2.23. The summed E-state index contributed by atoms with van der Waals surface area (Å²) in [7, 11) is 0. The summed E-state index contributed by atoms with van der Waals surface area (Å²) >= 11 is 0. The van der Waals surface area contributed by atoms with Crippen LogP contribution in [0.15, 0.2) is 0 Å². The molecule has 0 spiro atoms. The van der Waals surface area contributed by atoms with Gasteiger partial charge >= 0.3 is 0 Å². The fraction of sp³-hybridized carbons (Fsp3) is 0.778. The average molecular weight is 180 g/mol. The molecule has 4 heteroatoms. The van der Waals surface area contributed by atoms with Crippen molar-refractivity contribution in [2.24, 2.45) is 0 Å². The zero-order valence-electron chi connectivity index (χ0n) is 8.20. The molecular weight excluding hydrogens is 164 g/mol. The standard InChI is InChI=1S/C9H16N4/c1-6(2)13-9(10)11-8(12-13)7-4-3-5-7/h6-7H,3-5H2,1-2H3,(H2,10,11,12). The van der Waals surface area contributed by atoms with Crippen LogP contribution in [0, 0.1) is 0 Å². The van der Waals surface area contributed by atoms with Gasteiger partial charge in [0.05, 0.1) is 6.04 Å². The average Bonchev–Trinajstić information content (AvgIpc) is 2.27. The third-order valence-corrected chi connectivity index (χ3v) is 2.63. The summed E-state index contributed by atoms with van der Waals surface area (Å²) in [6.07, 6.45) is 3.75. The highest BCUT2D eigenvalue weighted by Gasteiger charge is 2.24. The maximum absolute atomic E-state index is 5.75. The molecule has 0 amide bonds. The molecule has 72 valence electrons. The molecule has 0 atom stereocenters. The first-order valence-electron chi connectivity index (χ1n) is 4.90. The number of aromatic nitrogens is 3. The predicted octanol–water partition coefficient (Wildman–Crippen LogP) is 1.71. The highest BCUT2D eigenvalue weighted by Crippen LogP contribution is 2.34. The van der Waals surface area contributed by atoms with Gasteiger partial charge in [0, 0.05) is 5.92 Å².